The molecule has 0 fully saturated rings. The molecule has 1 aliphatic heterocycles. The summed E-state index contributed by atoms with van der Waals surface area (Å²) in [5, 5.41) is 21.1. The summed E-state index contributed by atoms with van der Waals surface area (Å²) < 4.78 is 13.4. The van der Waals surface area contributed by atoms with Gasteiger partial charge in [-0.1, -0.05) is 6.07 Å². The third-order valence-electron chi connectivity index (χ3n) is 4.12. The number of carbonyl (C=O) groups excluding carboxylic acids is 2. The normalized spacial score (nSPS) is 18.2. The van der Waals surface area contributed by atoms with Gasteiger partial charge in [-0.2, -0.15) is 0 Å². The minimum atomic E-state index is -0.573. The molecule has 1 amide bonds. The van der Waals surface area contributed by atoms with Gasteiger partial charge in [-0.25, -0.2) is 4.39 Å². The van der Waals surface area contributed by atoms with Crippen molar-refractivity contribution < 1.29 is 18.9 Å². The first-order chi connectivity index (χ1) is 12.4. The highest BCUT2D eigenvalue weighted by atomic mass is 19.1. The van der Waals surface area contributed by atoms with Crippen LogP contribution in [-0.2, 0) is 16.0 Å². The average Bonchev–Trinajstić information content (AvgIpc) is 3.07. The van der Waals surface area contributed by atoms with Crippen LogP contribution in [0.5, 0.6) is 0 Å². The number of benzene rings is 2. The number of carbonyl (C=O) groups is 2. The van der Waals surface area contributed by atoms with Gasteiger partial charge < -0.3 is 5.32 Å². The molecule has 0 bridgehead atoms. The van der Waals surface area contributed by atoms with E-state index in [0.29, 0.717) is 16.8 Å². The van der Waals surface area contributed by atoms with E-state index in [-0.39, 0.29) is 34.9 Å². The van der Waals surface area contributed by atoms with Crippen molar-refractivity contribution in [1.82, 2.24) is 0 Å². The lowest BCUT2D eigenvalue weighted by Crippen LogP contribution is -2.15. The number of hydrogen-bond donors (Lipinski definition) is 1. The number of ketones is 1. The number of nitrogens with one attached hydrogen (secondary N) is 1. The van der Waals surface area contributed by atoms with Gasteiger partial charge in [0, 0.05) is 29.7 Å². The average molecular weight is 352 g/mol. The standard InChI is InChI=1S/C17H9FN4O4/c18-9-2-4-13-12(6-9)16(17(24)19-13)21-20-15-11-7-10(22(25)26)3-1-8(11)5-14(15)23/h1-4,6-7H,5H2,(H,19,21,24)/b20-15-. The van der Waals surface area contributed by atoms with Crippen LogP contribution in [0.3, 0.4) is 0 Å². The molecular weight excluding hydrogens is 343 g/mol. The summed E-state index contributed by atoms with van der Waals surface area (Å²) in [5.74, 6) is -1.47. The van der Waals surface area contributed by atoms with Crippen LogP contribution in [0.25, 0.3) is 0 Å². The maximum atomic E-state index is 13.4. The highest BCUT2D eigenvalue weighted by molar-refractivity contribution is 6.54. The summed E-state index contributed by atoms with van der Waals surface area (Å²) in [6.07, 6.45) is 0.0500. The number of halogens is 1. The highest BCUT2D eigenvalue weighted by Gasteiger charge is 2.30. The Balaban J connectivity index is 1.79. The Morgan fingerprint density at radius 2 is 1.81 bits per heavy atom. The predicted molar refractivity (Wildman–Crippen MR) is 89.9 cm³/mol. The summed E-state index contributed by atoms with van der Waals surface area (Å²) in [7, 11) is 0. The molecular formula is C17H9FN4O4. The maximum absolute atomic E-state index is 13.4. The third kappa shape index (κ3) is 2.46. The van der Waals surface area contributed by atoms with Gasteiger partial charge in [-0.15, -0.1) is 10.2 Å². The zero-order valence-corrected chi connectivity index (χ0v) is 13.0. The molecule has 2 aliphatic rings. The lowest BCUT2D eigenvalue weighted by molar-refractivity contribution is -0.384. The van der Waals surface area contributed by atoms with E-state index >= 15 is 0 Å². The molecule has 1 aliphatic carbocycles. The third-order valence-corrected chi connectivity index (χ3v) is 4.12. The van der Waals surface area contributed by atoms with Gasteiger partial charge in [0.1, 0.15) is 11.5 Å². The van der Waals surface area contributed by atoms with Crippen molar-refractivity contribution in [3.63, 3.8) is 0 Å². The lowest BCUT2D eigenvalue weighted by atomic mass is 10.1. The fourth-order valence-electron chi connectivity index (χ4n) is 2.89. The van der Waals surface area contributed by atoms with Gasteiger partial charge >= 0.3 is 0 Å². The van der Waals surface area contributed by atoms with Crippen LogP contribution in [0.4, 0.5) is 15.8 Å². The van der Waals surface area contributed by atoms with E-state index in [1.54, 1.807) is 0 Å². The fraction of sp³-hybridized carbons (Fsp3) is 0.0588. The Bertz CT molecular complexity index is 1070. The minimum Gasteiger partial charge on any atom is -0.320 e. The summed E-state index contributed by atoms with van der Waals surface area (Å²) in [6, 6.07) is 7.79. The minimum absolute atomic E-state index is 0.0500. The van der Waals surface area contributed by atoms with E-state index in [4.69, 9.17) is 0 Å². The van der Waals surface area contributed by atoms with Crippen molar-refractivity contribution in [3.8, 4) is 0 Å². The van der Waals surface area contributed by atoms with E-state index in [9.17, 15) is 24.1 Å². The zero-order chi connectivity index (χ0) is 18.4. The molecule has 4 rings (SSSR count). The molecule has 0 aromatic heterocycles. The number of rotatable bonds is 2. The van der Waals surface area contributed by atoms with Crippen LogP contribution in [-0.4, -0.2) is 28.0 Å². The monoisotopic (exact) mass is 352 g/mol. The number of nitro benzene ring substituents is 1. The Morgan fingerprint density at radius 1 is 1.04 bits per heavy atom. The second-order valence-corrected chi connectivity index (χ2v) is 5.74. The summed E-state index contributed by atoms with van der Waals surface area (Å²) >= 11 is 0. The number of nitrogens with zero attached hydrogens (tertiary/aromatic N) is 3. The largest absolute Gasteiger partial charge is 0.320 e. The second kappa shape index (κ2) is 5.66. The van der Waals surface area contributed by atoms with E-state index < -0.39 is 16.6 Å². The molecule has 1 N–H and O–H groups in total. The van der Waals surface area contributed by atoms with Gasteiger partial charge in [0.05, 0.1) is 10.6 Å². The van der Waals surface area contributed by atoms with Crippen LogP contribution >= 0.6 is 0 Å². The van der Waals surface area contributed by atoms with E-state index in [2.05, 4.69) is 15.5 Å². The molecule has 0 saturated carbocycles. The van der Waals surface area contributed by atoms with E-state index in [1.165, 1.54) is 30.3 Å². The van der Waals surface area contributed by atoms with Crippen molar-refractivity contribution in [3.05, 3.63) is 69.0 Å². The van der Waals surface area contributed by atoms with E-state index in [0.717, 1.165) is 6.07 Å². The predicted octanol–water partition coefficient (Wildman–Crippen LogP) is 2.00. The van der Waals surface area contributed by atoms with Gasteiger partial charge in [0.25, 0.3) is 11.6 Å². The van der Waals surface area contributed by atoms with Crippen LogP contribution in [0, 0.1) is 15.9 Å². The Morgan fingerprint density at radius 3 is 2.58 bits per heavy atom. The van der Waals surface area contributed by atoms with Gasteiger partial charge in [-0.05, 0) is 23.8 Å². The first kappa shape index (κ1) is 15.8. The second-order valence-electron chi connectivity index (χ2n) is 5.74. The molecule has 0 spiro atoms. The molecule has 2 aromatic rings. The number of anilines is 1. The highest BCUT2D eigenvalue weighted by Crippen LogP contribution is 2.27. The Hall–Kier alpha value is -3.75. The molecule has 0 atom stereocenters. The maximum Gasteiger partial charge on any atom is 0.276 e. The quantitative estimate of drug-likeness (QED) is 0.657. The lowest BCUT2D eigenvalue weighted by Gasteiger charge is -1.98. The first-order valence-electron chi connectivity index (χ1n) is 7.52. The van der Waals surface area contributed by atoms with Crippen molar-refractivity contribution in [1.29, 1.82) is 0 Å². The molecule has 0 saturated heterocycles. The number of non-ortho nitro benzene ring substituents is 1. The van der Waals surface area contributed by atoms with Crippen molar-refractivity contribution >= 4 is 34.5 Å². The molecule has 8 nitrogen and oxygen atoms in total. The number of nitro groups is 1. The number of Topliss-reactive ketones (excluding diaryl/α,β-unsaturated/α-hetero) is 1. The van der Waals surface area contributed by atoms with Gasteiger partial charge in [0.2, 0.25) is 0 Å². The van der Waals surface area contributed by atoms with Crippen LogP contribution in [0.1, 0.15) is 16.7 Å². The molecule has 0 radical (unpaired) electrons. The first-order valence-corrected chi connectivity index (χ1v) is 7.52. The molecule has 1 heterocycles. The Labute approximate surface area is 145 Å². The molecule has 0 unspecified atom stereocenters. The SMILES string of the molecule is O=C1Cc2ccc([N+](=O)[O-])cc2/C1=N/N=C1\C(=O)Nc2ccc(F)cc21. The fourth-order valence-corrected chi connectivity index (χ4v) is 2.89. The summed E-state index contributed by atoms with van der Waals surface area (Å²) in [6.45, 7) is 0. The molecule has 128 valence electrons. The van der Waals surface area contributed by atoms with Crippen molar-refractivity contribution in [2.75, 3.05) is 5.32 Å². The molecule has 26 heavy (non-hydrogen) atoms. The van der Waals surface area contributed by atoms with Crippen molar-refractivity contribution in [2.24, 2.45) is 10.2 Å². The topological polar surface area (TPSA) is 114 Å². The van der Waals surface area contributed by atoms with E-state index in [1.807, 2.05) is 0 Å². The summed E-state index contributed by atoms with van der Waals surface area (Å²) in [5.41, 5.74) is 1.18. The van der Waals surface area contributed by atoms with Crippen LogP contribution < -0.4 is 5.32 Å². The van der Waals surface area contributed by atoms with Gasteiger partial charge in [0.15, 0.2) is 11.5 Å². The van der Waals surface area contributed by atoms with Crippen LogP contribution in [0.15, 0.2) is 46.6 Å². The molecule has 2 aromatic carbocycles. The number of fused-ring (bicyclic) bond motifs is 2. The summed E-state index contributed by atoms with van der Waals surface area (Å²) in [4.78, 5) is 34.5. The zero-order valence-electron chi connectivity index (χ0n) is 13.0. The van der Waals surface area contributed by atoms with Gasteiger partial charge in [-0.3, -0.25) is 19.7 Å². The van der Waals surface area contributed by atoms with Crippen LogP contribution in [0.2, 0.25) is 0 Å². The molecule has 9 heteroatoms. The van der Waals surface area contributed by atoms with Crippen molar-refractivity contribution in [2.45, 2.75) is 6.42 Å². The number of amides is 1. The smallest absolute Gasteiger partial charge is 0.276 e. The Kier molecular flexibility index (Phi) is 3.43. The number of hydrogen-bond acceptors (Lipinski definition) is 6.